The average molecular weight is 304 g/mol. The second kappa shape index (κ2) is 8.54. The van der Waals surface area contributed by atoms with Gasteiger partial charge in [-0.3, -0.25) is 0 Å². The number of nitrogens with one attached hydrogen (secondary N) is 1. The summed E-state index contributed by atoms with van der Waals surface area (Å²) < 4.78 is 0. The highest BCUT2D eigenvalue weighted by atomic mass is 16.3. The van der Waals surface area contributed by atoms with E-state index in [2.05, 4.69) is 55.3 Å². The molecule has 1 heterocycles. The normalized spacial score (nSPS) is 18.0. The van der Waals surface area contributed by atoms with Gasteiger partial charge >= 0.3 is 0 Å². The molecule has 3 nitrogen and oxygen atoms in total. The standard InChI is InChI=1S/C19H32N2O/c1-4-16(5-2)14-20-15(3)17-6-8-18(9-7-17)21-12-10-19(22)11-13-21/h6-9,15-16,19-20,22H,4-5,10-14H2,1-3H3. The van der Waals surface area contributed by atoms with Crippen LogP contribution in [0.4, 0.5) is 5.69 Å². The van der Waals surface area contributed by atoms with Crippen LogP contribution in [0.2, 0.25) is 0 Å². The molecule has 1 atom stereocenters. The van der Waals surface area contributed by atoms with Crippen LogP contribution in [0.25, 0.3) is 0 Å². The molecule has 2 N–H and O–H groups in total. The Hall–Kier alpha value is -1.06. The maximum Gasteiger partial charge on any atom is 0.0574 e. The van der Waals surface area contributed by atoms with Crippen LogP contribution < -0.4 is 10.2 Å². The van der Waals surface area contributed by atoms with Crippen LogP contribution in [0.5, 0.6) is 0 Å². The number of anilines is 1. The van der Waals surface area contributed by atoms with Crippen molar-refractivity contribution < 1.29 is 5.11 Å². The van der Waals surface area contributed by atoms with Crippen LogP contribution >= 0.6 is 0 Å². The first-order valence-electron chi connectivity index (χ1n) is 8.90. The van der Waals surface area contributed by atoms with E-state index in [1.165, 1.54) is 24.1 Å². The van der Waals surface area contributed by atoms with Gasteiger partial charge in [0.1, 0.15) is 0 Å². The largest absolute Gasteiger partial charge is 0.393 e. The highest BCUT2D eigenvalue weighted by Crippen LogP contribution is 2.23. The highest BCUT2D eigenvalue weighted by molar-refractivity contribution is 5.48. The van der Waals surface area contributed by atoms with Crippen molar-refractivity contribution >= 4 is 5.69 Å². The van der Waals surface area contributed by atoms with Gasteiger partial charge in [-0.05, 0) is 49.9 Å². The molecule has 2 rings (SSSR count). The summed E-state index contributed by atoms with van der Waals surface area (Å²) >= 11 is 0. The minimum absolute atomic E-state index is 0.107. The first-order valence-corrected chi connectivity index (χ1v) is 8.90. The summed E-state index contributed by atoms with van der Waals surface area (Å²) in [5, 5.41) is 13.3. The van der Waals surface area contributed by atoms with Crippen LogP contribution in [0, 0.1) is 5.92 Å². The van der Waals surface area contributed by atoms with Crippen LogP contribution in [0.3, 0.4) is 0 Å². The minimum Gasteiger partial charge on any atom is -0.393 e. The molecule has 0 bridgehead atoms. The van der Waals surface area contributed by atoms with Gasteiger partial charge in [-0.1, -0.05) is 38.8 Å². The number of piperidine rings is 1. The Kier molecular flexibility index (Phi) is 6.71. The topological polar surface area (TPSA) is 35.5 Å². The second-order valence-corrected chi connectivity index (χ2v) is 6.62. The fourth-order valence-electron chi connectivity index (χ4n) is 3.14. The van der Waals surface area contributed by atoms with Gasteiger partial charge in [-0.25, -0.2) is 0 Å². The first-order chi connectivity index (χ1) is 10.6. The SMILES string of the molecule is CCC(CC)CNC(C)c1ccc(N2CCC(O)CC2)cc1. The first kappa shape index (κ1) is 17.3. The Labute approximate surface area is 135 Å². The van der Waals surface area contributed by atoms with Crippen molar-refractivity contribution in [3.63, 3.8) is 0 Å². The Morgan fingerprint density at radius 3 is 2.27 bits per heavy atom. The van der Waals surface area contributed by atoms with Gasteiger partial charge < -0.3 is 15.3 Å². The Balaban J connectivity index is 1.88. The summed E-state index contributed by atoms with van der Waals surface area (Å²) in [6.07, 6.45) is 4.15. The van der Waals surface area contributed by atoms with E-state index in [1.54, 1.807) is 0 Å². The van der Waals surface area contributed by atoms with Crippen molar-refractivity contribution in [3.05, 3.63) is 29.8 Å². The smallest absolute Gasteiger partial charge is 0.0574 e. The fraction of sp³-hybridized carbons (Fsp3) is 0.684. The third kappa shape index (κ3) is 4.72. The minimum atomic E-state index is -0.107. The predicted molar refractivity (Wildman–Crippen MR) is 94.4 cm³/mol. The van der Waals surface area contributed by atoms with Crippen LogP contribution in [0.1, 0.15) is 58.1 Å². The number of aliphatic hydroxyl groups is 1. The van der Waals surface area contributed by atoms with Crippen molar-refractivity contribution in [3.8, 4) is 0 Å². The molecule has 1 aliphatic heterocycles. The number of benzene rings is 1. The molecule has 22 heavy (non-hydrogen) atoms. The lowest BCUT2D eigenvalue weighted by Gasteiger charge is -2.31. The molecule has 1 saturated heterocycles. The molecule has 0 spiro atoms. The quantitative estimate of drug-likeness (QED) is 0.805. The van der Waals surface area contributed by atoms with Gasteiger partial charge in [0.05, 0.1) is 6.10 Å². The molecule has 0 saturated carbocycles. The van der Waals surface area contributed by atoms with E-state index in [4.69, 9.17) is 0 Å². The van der Waals surface area contributed by atoms with Crippen LogP contribution in [-0.2, 0) is 0 Å². The Morgan fingerprint density at radius 2 is 1.73 bits per heavy atom. The monoisotopic (exact) mass is 304 g/mol. The lowest BCUT2D eigenvalue weighted by molar-refractivity contribution is 0.145. The van der Waals surface area contributed by atoms with E-state index in [0.29, 0.717) is 6.04 Å². The molecule has 0 aliphatic carbocycles. The van der Waals surface area contributed by atoms with Gasteiger partial charge in [0, 0.05) is 24.8 Å². The molecule has 1 fully saturated rings. The van der Waals surface area contributed by atoms with Crippen LogP contribution in [0.15, 0.2) is 24.3 Å². The van der Waals surface area contributed by atoms with Gasteiger partial charge in [-0.2, -0.15) is 0 Å². The summed E-state index contributed by atoms with van der Waals surface area (Å²) in [6, 6.07) is 9.33. The highest BCUT2D eigenvalue weighted by Gasteiger charge is 2.17. The van der Waals surface area contributed by atoms with Crippen molar-refractivity contribution in [2.45, 2.75) is 58.6 Å². The van der Waals surface area contributed by atoms with Crippen molar-refractivity contribution in [2.24, 2.45) is 5.92 Å². The molecule has 1 aromatic carbocycles. The molecule has 1 unspecified atom stereocenters. The van der Waals surface area contributed by atoms with E-state index in [1.807, 2.05) is 0 Å². The van der Waals surface area contributed by atoms with E-state index in [-0.39, 0.29) is 6.10 Å². The zero-order valence-corrected chi connectivity index (χ0v) is 14.4. The second-order valence-electron chi connectivity index (χ2n) is 6.62. The average Bonchev–Trinajstić information content (AvgIpc) is 2.56. The van der Waals surface area contributed by atoms with E-state index in [9.17, 15) is 5.11 Å². The van der Waals surface area contributed by atoms with Crippen molar-refractivity contribution in [2.75, 3.05) is 24.5 Å². The van der Waals surface area contributed by atoms with Crippen LogP contribution in [-0.4, -0.2) is 30.8 Å². The maximum absolute atomic E-state index is 9.60. The third-order valence-electron chi connectivity index (χ3n) is 5.09. The molecular formula is C19H32N2O. The number of aliphatic hydroxyl groups excluding tert-OH is 1. The Morgan fingerprint density at radius 1 is 1.14 bits per heavy atom. The number of hydrogen-bond acceptors (Lipinski definition) is 3. The summed E-state index contributed by atoms with van der Waals surface area (Å²) in [6.45, 7) is 9.80. The lowest BCUT2D eigenvalue weighted by atomic mass is 10.0. The van der Waals surface area contributed by atoms with Gasteiger partial charge in [0.2, 0.25) is 0 Å². The molecule has 0 aromatic heterocycles. The lowest BCUT2D eigenvalue weighted by Crippen LogP contribution is -2.35. The van der Waals surface area contributed by atoms with E-state index >= 15 is 0 Å². The maximum atomic E-state index is 9.60. The third-order valence-corrected chi connectivity index (χ3v) is 5.09. The molecule has 3 heteroatoms. The van der Waals surface area contributed by atoms with Gasteiger partial charge in [-0.15, -0.1) is 0 Å². The van der Waals surface area contributed by atoms with E-state index < -0.39 is 0 Å². The zero-order valence-electron chi connectivity index (χ0n) is 14.4. The molecule has 0 amide bonds. The molecule has 1 aliphatic rings. The number of nitrogens with zero attached hydrogens (tertiary/aromatic N) is 1. The number of hydrogen-bond donors (Lipinski definition) is 2. The van der Waals surface area contributed by atoms with Gasteiger partial charge in [0.25, 0.3) is 0 Å². The van der Waals surface area contributed by atoms with E-state index in [0.717, 1.165) is 38.4 Å². The molecule has 1 aromatic rings. The van der Waals surface area contributed by atoms with Crippen molar-refractivity contribution in [1.29, 1.82) is 0 Å². The Bertz CT molecular complexity index is 420. The summed E-state index contributed by atoms with van der Waals surface area (Å²) in [5.74, 6) is 0.779. The van der Waals surface area contributed by atoms with Crippen molar-refractivity contribution in [1.82, 2.24) is 5.32 Å². The zero-order chi connectivity index (χ0) is 15.9. The predicted octanol–water partition coefficient (Wildman–Crippen LogP) is 3.73. The summed E-state index contributed by atoms with van der Waals surface area (Å²) in [4.78, 5) is 2.37. The summed E-state index contributed by atoms with van der Waals surface area (Å²) in [7, 11) is 0. The van der Waals surface area contributed by atoms with Gasteiger partial charge in [0.15, 0.2) is 0 Å². The molecule has 0 radical (unpaired) electrons. The molecular weight excluding hydrogens is 272 g/mol. The summed E-state index contributed by atoms with van der Waals surface area (Å²) in [5.41, 5.74) is 2.63. The fourth-order valence-corrected chi connectivity index (χ4v) is 3.14. The number of rotatable bonds is 7. The molecule has 124 valence electrons.